The van der Waals surface area contributed by atoms with Crippen LogP contribution in [0.4, 0.5) is 0 Å². The average Bonchev–Trinajstić information content (AvgIpc) is 3.08. The van der Waals surface area contributed by atoms with E-state index in [0.29, 0.717) is 0 Å². The zero-order valence-corrected chi connectivity index (χ0v) is 11.7. The highest BCUT2D eigenvalue weighted by atomic mass is 16.5. The van der Waals surface area contributed by atoms with Crippen molar-refractivity contribution >= 4 is 23.6 Å². The highest BCUT2D eigenvalue weighted by Gasteiger charge is 2.49. The van der Waals surface area contributed by atoms with Crippen LogP contribution < -0.4 is 0 Å². The molecule has 1 fully saturated rings. The molecule has 1 aromatic heterocycles. The smallest absolute Gasteiger partial charge is 0.317 e. The molecule has 2 amide bonds. The van der Waals surface area contributed by atoms with Crippen LogP contribution in [0, 0.1) is 11.8 Å². The lowest BCUT2D eigenvalue weighted by Gasteiger charge is -2.18. The van der Waals surface area contributed by atoms with Crippen LogP contribution in [0.25, 0.3) is 0 Å². The van der Waals surface area contributed by atoms with E-state index in [2.05, 4.69) is 4.74 Å². The minimum Gasteiger partial charge on any atom is -0.468 e. The first-order chi connectivity index (χ1) is 10.0. The van der Waals surface area contributed by atoms with Gasteiger partial charge in [0.1, 0.15) is 5.92 Å². The lowest BCUT2D eigenvalue weighted by Crippen LogP contribution is -2.38. The van der Waals surface area contributed by atoms with Crippen molar-refractivity contribution < 1.29 is 28.3 Å². The predicted molar refractivity (Wildman–Crippen MR) is 69.0 cm³/mol. The fourth-order valence-corrected chi connectivity index (χ4v) is 2.45. The molecule has 1 unspecified atom stereocenters. The van der Waals surface area contributed by atoms with E-state index in [1.165, 1.54) is 18.4 Å². The van der Waals surface area contributed by atoms with E-state index in [9.17, 15) is 19.2 Å². The second-order valence-corrected chi connectivity index (χ2v) is 4.63. The highest BCUT2D eigenvalue weighted by molar-refractivity contribution is 6.13. The fourth-order valence-electron chi connectivity index (χ4n) is 2.45. The van der Waals surface area contributed by atoms with E-state index in [1.807, 2.05) is 0 Å². The Morgan fingerprint density at radius 3 is 2.67 bits per heavy atom. The van der Waals surface area contributed by atoms with Crippen LogP contribution in [0.2, 0.25) is 0 Å². The number of hydrogen-bond donors (Lipinski definition) is 0. The number of amides is 2. The van der Waals surface area contributed by atoms with Crippen LogP contribution in [0.3, 0.4) is 0 Å². The number of furan rings is 1. The first-order valence-electron chi connectivity index (χ1n) is 6.51. The van der Waals surface area contributed by atoms with E-state index in [0.717, 1.165) is 12.0 Å². The minimum atomic E-state index is -1.37. The molecular weight excluding hydrogens is 278 g/mol. The third kappa shape index (κ3) is 2.58. The van der Waals surface area contributed by atoms with Crippen LogP contribution in [-0.2, 0) is 19.1 Å². The van der Waals surface area contributed by atoms with Gasteiger partial charge >= 0.3 is 5.97 Å². The zero-order chi connectivity index (χ0) is 15.6. The average molecular weight is 293 g/mol. The van der Waals surface area contributed by atoms with Crippen LogP contribution in [0.1, 0.15) is 23.9 Å². The van der Waals surface area contributed by atoms with E-state index in [1.54, 1.807) is 6.92 Å². The zero-order valence-electron chi connectivity index (χ0n) is 11.7. The number of methoxy groups -OCH3 is 1. The van der Waals surface area contributed by atoms with Crippen molar-refractivity contribution in [2.24, 2.45) is 11.8 Å². The molecule has 2 atom stereocenters. The maximum absolute atomic E-state index is 12.4. The maximum Gasteiger partial charge on any atom is 0.317 e. The van der Waals surface area contributed by atoms with E-state index < -0.39 is 35.4 Å². The molecule has 1 aliphatic rings. The Morgan fingerprint density at radius 1 is 1.48 bits per heavy atom. The highest BCUT2D eigenvalue weighted by Crippen LogP contribution is 2.30. The normalized spacial score (nSPS) is 19.7. The van der Waals surface area contributed by atoms with Gasteiger partial charge < -0.3 is 9.15 Å². The van der Waals surface area contributed by atoms with Gasteiger partial charge in [0, 0.05) is 13.0 Å². The molecule has 0 saturated carbocycles. The second kappa shape index (κ2) is 5.90. The van der Waals surface area contributed by atoms with Gasteiger partial charge in [0.25, 0.3) is 0 Å². The van der Waals surface area contributed by atoms with E-state index in [-0.39, 0.29) is 18.7 Å². The first-order valence-corrected chi connectivity index (χ1v) is 6.51. The van der Waals surface area contributed by atoms with Gasteiger partial charge in [0.05, 0.1) is 19.3 Å². The Kier molecular flexibility index (Phi) is 4.21. The van der Waals surface area contributed by atoms with Crippen molar-refractivity contribution in [3.05, 3.63) is 24.2 Å². The predicted octanol–water partition coefficient (Wildman–Crippen LogP) is 0.646. The third-order valence-corrected chi connectivity index (χ3v) is 3.50. The standard InChI is InChI=1S/C14H15NO6/c1-3-15-10(16)7-8(13(15)18)11(14(19)20-2)12(17)9-5-4-6-21-9/h4-6,8,11H,3,7H2,1-2H3/t8-,11?/m1/s1. The van der Waals surface area contributed by atoms with Crippen molar-refractivity contribution in [1.29, 1.82) is 0 Å². The number of Topliss-reactive ketones (excluding diaryl/α,β-unsaturated/α-hetero) is 1. The molecule has 1 aromatic rings. The second-order valence-electron chi connectivity index (χ2n) is 4.63. The Hall–Kier alpha value is -2.44. The number of rotatable bonds is 5. The number of likely N-dealkylation sites (tertiary alicyclic amines) is 1. The van der Waals surface area contributed by atoms with Gasteiger partial charge in [0.2, 0.25) is 17.6 Å². The van der Waals surface area contributed by atoms with Crippen molar-refractivity contribution in [1.82, 2.24) is 4.90 Å². The molecule has 112 valence electrons. The summed E-state index contributed by atoms with van der Waals surface area (Å²) in [5.41, 5.74) is 0. The van der Waals surface area contributed by atoms with Crippen LogP contribution in [0.5, 0.6) is 0 Å². The monoisotopic (exact) mass is 293 g/mol. The minimum absolute atomic E-state index is 0.0411. The largest absolute Gasteiger partial charge is 0.468 e. The molecule has 7 heteroatoms. The first kappa shape index (κ1) is 15.0. The fraction of sp³-hybridized carbons (Fsp3) is 0.429. The molecule has 2 heterocycles. The molecule has 0 spiro atoms. The van der Waals surface area contributed by atoms with Crippen molar-refractivity contribution in [3.63, 3.8) is 0 Å². The van der Waals surface area contributed by atoms with E-state index in [4.69, 9.17) is 4.42 Å². The summed E-state index contributed by atoms with van der Waals surface area (Å²) in [6.45, 7) is 1.86. The van der Waals surface area contributed by atoms with Crippen LogP contribution in [0.15, 0.2) is 22.8 Å². The van der Waals surface area contributed by atoms with Gasteiger partial charge in [-0.25, -0.2) is 0 Å². The van der Waals surface area contributed by atoms with Crippen molar-refractivity contribution in [3.8, 4) is 0 Å². The summed E-state index contributed by atoms with van der Waals surface area (Å²) >= 11 is 0. The molecule has 0 N–H and O–H groups in total. The topological polar surface area (TPSA) is 93.9 Å². The number of hydrogen-bond acceptors (Lipinski definition) is 6. The van der Waals surface area contributed by atoms with Crippen LogP contribution in [-0.4, -0.2) is 42.1 Å². The maximum atomic E-state index is 12.4. The molecule has 0 aromatic carbocycles. The van der Waals surface area contributed by atoms with E-state index >= 15 is 0 Å². The van der Waals surface area contributed by atoms with Gasteiger partial charge in [-0.2, -0.15) is 0 Å². The molecule has 2 rings (SSSR count). The SMILES string of the molecule is CCN1C(=O)C[C@H](C(C(=O)OC)C(=O)c2ccco2)C1=O. The molecular formula is C14H15NO6. The van der Waals surface area contributed by atoms with Crippen LogP contribution >= 0.6 is 0 Å². The number of carbonyl (C=O) groups excluding carboxylic acids is 4. The molecule has 0 aliphatic carbocycles. The summed E-state index contributed by atoms with van der Waals surface area (Å²) in [5, 5.41) is 0. The summed E-state index contributed by atoms with van der Waals surface area (Å²) in [6.07, 6.45) is 1.11. The molecule has 0 bridgehead atoms. The van der Waals surface area contributed by atoms with Gasteiger partial charge in [0.15, 0.2) is 5.76 Å². The number of ketones is 1. The molecule has 1 aliphatic heterocycles. The summed E-state index contributed by atoms with van der Waals surface area (Å²) in [6, 6.07) is 2.90. The number of imide groups is 1. The van der Waals surface area contributed by atoms with Crippen molar-refractivity contribution in [2.75, 3.05) is 13.7 Å². The Morgan fingerprint density at radius 2 is 2.19 bits per heavy atom. The van der Waals surface area contributed by atoms with Gasteiger partial charge in [-0.1, -0.05) is 0 Å². The number of nitrogens with zero attached hydrogens (tertiary/aromatic N) is 1. The van der Waals surface area contributed by atoms with Gasteiger partial charge in [-0.05, 0) is 19.1 Å². The lowest BCUT2D eigenvalue weighted by atomic mass is 9.86. The lowest BCUT2D eigenvalue weighted by molar-refractivity contribution is -0.149. The Labute approximate surface area is 120 Å². The third-order valence-electron chi connectivity index (χ3n) is 3.50. The molecule has 1 saturated heterocycles. The summed E-state index contributed by atoms with van der Waals surface area (Å²) in [4.78, 5) is 49.3. The summed E-state index contributed by atoms with van der Waals surface area (Å²) < 4.78 is 9.59. The van der Waals surface area contributed by atoms with Gasteiger partial charge in [-0.3, -0.25) is 24.1 Å². The number of carbonyl (C=O) groups is 4. The number of esters is 1. The van der Waals surface area contributed by atoms with Crippen molar-refractivity contribution in [2.45, 2.75) is 13.3 Å². The Bertz CT molecular complexity index is 576. The Balaban J connectivity index is 2.34. The summed E-state index contributed by atoms with van der Waals surface area (Å²) in [7, 11) is 1.13. The molecule has 0 radical (unpaired) electrons. The quantitative estimate of drug-likeness (QED) is 0.342. The number of ether oxygens (including phenoxy) is 1. The summed E-state index contributed by atoms with van der Waals surface area (Å²) in [5.74, 6) is -4.87. The molecule has 21 heavy (non-hydrogen) atoms. The molecule has 7 nitrogen and oxygen atoms in total. The van der Waals surface area contributed by atoms with Gasteiger partial charge in [-0.15, -0.1) is 0 Å².